The van der Waals surface area contributed by atoms with Crippen LogP contribution in [0, 0.1) is 5.41 Å². The van der Waals surface area contributed by atoms with Crippen molar-refractivity contribution in [1.29, 1.82) is 0 Å². The molecule has 0 radical (unpaired) electrons. The second kappa shape index (κ2) is 9.50. The van der Waals surface area contributed by atoms with Crippen molar-refractivity contribution in [2.75, 3.05) is 26.7 Å². The van der Waals surface area contributed by atoms with E-state index in [0.29, 0.717) is 25.9 Å². The monoisotopic (exact) mass is 355 g/mol. The van der Waals surface area contributed by atoms with Gasteiger partial charge in [0.15, 0.2) is 0 Å². The summed E-state index contributed by atoms with van der Waals surface area (Å²) in [4.78, 5) is 48.3. The van der Waals surface area contributed by atoms with E-state index in [4.69, 9.17) is 9.90 Å². The number of hydrogen-bond donors (Lipinski definition) is 2. The van der Waals surface area contributed by atoms with E-state index in [9.17, 15) is 14.4 Å². The summed E-state index contributed by atoms with van der Waals surface area (Å²) >= 11 is 0. The highest BCUT2D eigenvalue weighted by molar-refractivity contribution is 5.98. The minimum atomic E-state index is -0.250. The van der Waals surface area contributed by atoms with Crippen LogP contribution >= 0.6 is 0 Å². The van der Waals surface area contributed by atoms with E-state index < -0.39 is 0 Å². The number of carbonyl (C=O) groups excluding carboxylic acids is 3. The number of piperidine rings is 2. The Morgan fingerprint density at radius 3 is 2.16 bits per heavy atom. The molecule has 2 aliphatic rings. The first kappa shape index (κ1) is 21.1. The number of carboxylic acid groups (broad SMARTS) is 1. The summed E-state index contributed by atoms with van der Waals surface area (Å²) in [6, 6.07) is -0.0738. The van der Waals surface area contributed by atoms with Crippen molar-refractivity contribution in [2.24, 2.45) is 5.41 Å². The Bertz CT molecular complexity index is 483. The average molecular weight is 355 g/mol. The van der Waals surface area contributed by atoms with Crippen molar-refractivity contribution in [3.8, 4) is 0 Å². The Morgan fingerprint density at radius 1 is 1.28 bits per heavy atom. The van der Waals surface area contributed by atoms with Crippen molar-refractivity contribution in [3.63, 3.8) is 0 Å². The molecule has 2 N–H and O–H groups in total. The van der Waals surface area contributed by atoms with Crippen LogP contribution < -0.4 is 5.32 Å². The molecule has 142 valence electrons. The topological polar surface area (TPSA) is 107 Å². The fraction of sp³-hybridized carbons (Fsp3) is 0.765. The predicted molar refractivity (Wildman–Crippen MR) is 91.7 cm³/mol. The third-order valence-corrected chi connectivity index (χ3v) is 5.19. The maximum atomic E-state index is 12.7. The van der Waals surface area contributed by atoms with Crippen LogP contribution in [0.25, 0.3) is 0 Å². The Labute approximate surface area is 148 Å². The molecule has 0 aromatic heterocycles. The van der Waals surface area contributed by atoms with Crippen LogP contribution in [0.2, 0.25) is 0 Å². The SMILES string of the molecule is CCC(C(=O)N1CCC2(CC1)CC(=O)NC(=O)C2)N(C)CC.O=CO. The molecule has 0 aromatic carbocycles. The molecule has 2 fully saturated rings. The van der Waals surface area contributed by atoms with Gasteiger partial charge in [0, 0.05) is 25.9 Å². The van der Waals surface area contributed by atoms with Crippen molar-refractivity contribution < 1.29 is 24.3 Å². The summed E-state index contributed by atoms with van der Waals surface area (Å²) in [7, 11) is 1.97. The summed E-state index contributed by atoms with van der Waals surface area (Å²) < 4.78 is 0. The first-order valence-electron chi connectivity index (χ1n) is 8.72. The molecule has 2 heterocycles. The predicted octanol–water partition coefficient (Wildman–Crippen LogP) is 0.463. The summed E-state index contributed by atoms with van der Waals surface area (Å²) in [6.07, 6.45) is 3.10. The van der Waals surface area contributed by atoms with Crippen LogP contribution in [0.5, 0.6) is 0 Å². The summed E-state index contributed by atoms with van der Waals surface area (Å²) in [5, 5.41) is 9.26. The highest BCUT2D eigenvalue weighted by Crippen LogP contribution is 2.40. The molecule has 2 saturated heterocycles. The van der Waals surface area contributed by atoms with Gasteiger partial charge in [-0.2, -0.15) is 0 Å². The number of nitrogens with one attached hydrogen (secondary N) is 1. The second-order valence-corrected chi connectivity index (χ2v) is 6.75. The van der Waals surface area contributed by atoms with Crippen LogP contribution in [0.15, 0.2) is 0 Å². The Morgan fingerprint density at radius 2 is 1.76 bits per heavy atom. The van der Waals surface area contributed by atoms with Crippen molar-refractivity contribution in [2.45, 2.75) is 52.0 Å². The fourth-order valence-electron chi connectivity index (χ4n) is 3.65. The highest BCUT2D eigenvalue weighted by atomic mass is 16.3. The number of carbonyl (C=O) groups is 4. The lowest BCUT2D eigenvalue weighted by Crippen LogP contribution is -2.54. The first-order chi connectivity index (χ1) is 11.8. The largest absolute Gasteiger partial charge is 0.483 e. The quantitative estimate of drug-likeness (QED) is 0.560. The van der Waals surface area contributed by atoms with E-state index in [-0.39, 0.29) is 35.7 Å². The molecule has 0 bridgehead atoms. The molecule has 1 spiro atoms. The third-order valence-electron chi connectivity index (χ3n) is 5.19. The maximum Gasteiger partial charge on any atom is 0.290 e. The number of hydrogen-bond acceptors (Lipinski definition) is 5. The van der Waals surface area contributed by atoms with Crippen LogP contribution in [-0.2, 0) is 19.2 Å². The van der Waals surface area contributed by atoms with Gasteiger partial charge in [0.2, 0.25) is 17.7 Å². The van der Waals surface area contributed by atoms with Crippen LogP contribution in [0.3, 0.4) is 0 Å². The number of likely N-dealkylation sites (N-methyl/N-ethyl adjacent to an activating group) is 1. The van der Waals surface area contributed by atoms with Crippen LogP contribution in [0.4, 0.5) is 0 Å². The molecule has 3 amide bonds. The van der Waals surface area contributed by atoms with Crippen LogP contribution in [0.1, 0.15) is 46.0 Å². The number of likely N-dealkylation sites (tertiary alicyclic amines) is 1. The van der Waals surface area contributed by atoms with Crippen molar-refractivity contribution in [1.82, 2.24) is 15.1 Å². The van der Waals surface area contributed by atoms with Gasteiger partial charge >= 0.3 is 0 Å². The van der Waals surface area contributed by atoms with E-state index in [1.165, 1.54) is 0 Å². The lowest BCUT2D eigenvalue weighted by molar-refractivity contribution is -0.143. The van der Waals surface area contributed by atoms with Gasteiger partial charge in [0.1, 0.15) is 0 Å². The van der Waals surface area contributed by atoms with Gasteiger partial charge in [0.25, 0.3) is 6.47 Å². The molecule has 1 atom stereocenters. The first-order valence-corrected chi connectivity index (χ1v) is 8.72. The van der Waals surface area contributed by atoms with Gasteiger partial charge < -0.3 is 10.0 Å². The Kier molecular flexibility index (Phi) is 8.02. The van der Waals surface area contributed by atoms with E-state index in [2.05, 4.69) is 10.2 Å². The van der Waals surface area contributed by atoms with Gasteiger partial charge in [0.05, 0.1) is 6.04 Å². The Balaban J connectivity index is 0.000000970. The van der Waals surface area contributed by atoms with E-state index in [0.717, 1.165) is 25.8 Å². The minimum absolute atomic E-state index is 0.0738. The maximum absolute atomic E-state index is 12.7. The minimum Gasteiger partial charge on any atom is -0.483 e. The molecule has 2 rings (SSSR count). The summed E-state index contributed by atoms with van der Waals surface area (Å²) in [5.41, 5.74) is -0.228. The van der Waals surface area contributed by atoms with Gasteiger partial charge in [-0.3, -0.25) is 29.4 Å². The average Bonchev–Trinajstić information content (AvgIpc) is 2.55. The smallest absolute Gasteiger partial charge is 0.290 e. The molecule has 1 unspecified atom stereocenters. The number of amides is 3. The van der Waals surface area contributed by atoms with Crippen molar-refractivity contribution in [3.05, 3.63) is 0 Å². The highest BCUT2D eigenvalue weighted by Gasteiger charge is 2.43. The van der Waals surface area contributed by atoms with Gasteiger partial charge in [-0.1, -0.05) is 13.8 Å². The summed E-state index contributed by atoms with van der Waals surface area (Å²) in [6.45, 7) is 5.97. The number of nitrogens with zero attached hydrogens (tertiary/aromatic N) is 2. The van der Waals surface area contributed by atoms with Gasteiger partial charge in [-0.05, 0) is 38.3 Å². The van der Waals surface area contributed by atoms with Gasteiger partial charge in [-0.25, -0.2) is 0 Å². The zero-order valence-electron chi connectivity index (χ0n) is 15.3. The van der Waals surface area contributed by atoms with Crippen molar-refractivity contribution >= 4 is 24.2 Å². The molecular weight excluding hydrogens is 326 g/mol. The number of imide groups is 1. The van der Waals surface area contributed by atoms with E-state index in [1.54, 1.807) is 0 Å². The number of rotatable bonds is 4. The lowest BCUT2D eigenvalue weighted by atomic mass is 9.71. The van der Waals surface area contributed by atoms with E-state index >= 15 is 0 Å². The zero-order chi connectivity index (χ0) is 19.0. The molecule has 2 aliphatic heterocycles. The Hall–Kier alpha value is -1.96. The standard InChI is InChI=1S/C16H27N3O3.CH2O2/c1-4-12(18(3)5-2)15(22)19-8-6-16(7-9-19)10-13(20)17-14(21)11-16;2-1-3/h12H,4-11H2,1-3H3,(H,17,20,21);1H,(H,2,3). The molecule has 25 heavy (non-hydrogen) atoms. The van der Waals surface area contributed by atoms with E-state index in [1.807, 2.05) is 25.8 Å². The normalized spacial score (nSPS) is 20.6. The molecule has 8 heteroatoms. The zero-order valence-corrected chi connectivity index (χ0v) is 15.3. The molecule has 0 aromatic rings. The summed E-state index contributed by atoms with van der Waals surface area (Å²) in [5.74, 6) is -0.172. The molecular formula is C17H29N3O5. The lowest BCUT2D eigenvalue weighted by Gasteiger charge is -2.44. The fourth-order valence-corrected chi connectivity index (χ4v) is 3.65. The van der Waals surface area contributed by atoms with Crippen LogP contribution in [-0.4, -0.2) is 71.8 Å². The second-order valence-electron chi connectivity index (χ2n) is 6.75. The third kappa shape index (κ3) is 5.52. The molecule has 0 aliphatic carbocycles. The molecule has 8 nitrogen and oxygen atoms in total. The molecule has 0 saturated carbocycles. The van der Waals surface area contributed by atoms with Gasteiger partial charge in [-0.15, -0.1) is 0 Å².